The topological polar surface area (TPSA) is 43.4 Å². The molecule has 1 atom stereocenters. The Kier molecular flexibility index (Phi) is 11.7. The van der Waals surface area contributed by atoms with Crippen molar-refractivity contribution in [1.29, 1.82) is 0 Å². The lowest BCUT2D eigenvalue weighted by molar-refractivity contribution is -0.0201. The van der Waals surface area contributed by atoms with Crippen molar-refractivity contribution in [1.82, 2.24) is 4.90 Å². The van der Waals surface area contributed by atoms with Crippen molar-refractivity contribution >= 4 is 30.5 Å². The van der Waals surface area contributed by atoms with Crippen LogP contribution in [-0.4, -0.2) is 71.7 Å². The van der Waals surface area contributed by atoms with E-state index in [9.17, 15) is 4.39 Å². The summed E-state index contributed by atoms with van der Waals surface area (Å²) in [5.74, 6) is 1.29. The maximum Gasteiger partial charge on any atom is 0.161 e. The summed E-state index contributed by atoms with van der Waals surface area (Å²) in [6, 6.07) is 10.8. The average molecular weight is 517 g/mol. The number of rotatable bonds is 8. The van der Waals surface area contributed by atoms with E-state index in [0.717, 1.165) is 74.9 Å². The summed E-state index contributed by atoms with van der Waals surface area (Å²) in [5, 5.41) is 0. The van der Waals surface area contributed by atoms with E-state index in [1.807, 2.05) is 18.2 Å². The zero-order valence-electron chi connectivity index (χ0n) is 19.8. The van der Waals surface area contributed by atoms with Crippen LogP contribution in [0.25, 0.3) is 0 Å². The first-order valence-electron chi connectivity index (χ1n) is 11.3. The van der Waals surface area contributed by atoms with Crippen molar-refractivity contribution in [2.24, 2.45) is 0 Å². The lowest BCUT2D eigenvalue weighted by Crippen LogP contribution is -2.47. The van der Waals surface area contributed by atoms with Crippen LogP contribution >= 0.6 is 24.8 Å². The van der Waals surface area contributed by atoms with Crippen LogP contribution < -0.4 is 14.4 Å². The fourth-order valence-corrected chi connectivity index (χ4v) is 4.43. The number of methoxy groups -OCH3 is 2. The quantitative estimate of drug-likeness (QED) is 0.480. The van der Waals surface area contributed by atoms with Crippen molar-refractivity contribution < 1.29 is 23.3 Å². The summed E-state index contributed by atoms with van der Waals surface area (Å²) in [5.41, 5.74) is 3.46. The molecule has 0 spiro atoms. The summed E-state index contributed by atoms with van der Waals surface area (Å²) in [7, 11) is 3.32. The van der Waals surface area contributed by atoms with Gasteiger partial charge in [-0.3, -0.25) is 4.90 Å². The molecule has 2 heterocycles. The molecule has 0 amide bonds. The predicted molar refractivity (Wildman–Crippen MR) is 137 cm³/mol. The maximum absolute atomic E-state index is 13.1. The number of ether oxygens (including phenoxy) is 4. The van der Waals surface area contributed by atoms with E-state index in [1.54, 1.807) is 14.2 Å². The van der Waals surface area contributed by atoms with Gasteiger partial charge in [-0.05, 0) is 60.4 Å². The van der Waals surface area contributed by atoms with E-state index in [1.165, 1.54) is 17.7 Å². The Morgan fingerprint density at radius 2 is 1.65 bits per heavy atom. The maximum atomic E-state index is 13.1. The molecule has 0 aliphatic carbocycles. The molecule has 4 rings (SSSR count). The van der Waals surface area contributed by atoms with Crippen molar-refractivity contribution in [3.8, 4) is 11.5 Å². The van der Waals surface area contributed by atoms with Gasteiger partial charge in [0.25, 0.3) is 0 Å². The summed E-state index contributed by atoms with van der Waals surface area (Å²) >= 11 is 0. The highest BCUT2D eigenvalue weighted by Gasteiger charge is 2.23. The lowest BCUT2D eigenvalue weighted by atomic mass is 9.99. The molecule has 0 bridgehead atoms. The van der Waals surface area contributed by atoms with E-state index in [0.29, 0.717) is 13.2 Å². The van der Waals surface area contributed by atoms with Crippen LogP contribution in [0.4, 0.5) is 10.1 Å². The first-order chi connectivity index (χ1) is 15.7. The van der Waals surface area contributed by atoms with Gasteiger partial charge in [0.15, 0.2) is 11.5 Å². The summed E-state index contributed by atoms with van der Waals surface area (Å²) < 4.78 is 36.2. The second-order valence-electron chi connectivity index (χ2n) is 8.25. The van der Waals surface area contributed by atoms with Crippen LogP contribution in [0.5, 0.6) is 11.5 Å². The molecule has 1 fully saturated rings. The number of benzene rings is 2. The number of anilines is 1. The van der Waals surface area contributed by atoms with Gasteiger partial charge in [0.2, 0.25) is 0 Å². The normalized spacial score (nSPS) is 18.2. The van der Waals surface area contributed by atoms with Gasteiger partial charge in [-0.2, -0.15) is 0 Å². The first kappa shape index (κ1) is 28.5. The van der Waals surface area contributed by atoms with Crippen LogP contribution in [0.1, 0.15) is 23.7 Å². The van der Waals surface area contributed by atoms with Crippen LogP contribution in [0, 0.1) is 5.82 Å². The molecular weight excluding hydrogens is 482 g/mol. The number of piperazine rings is 1. The standard InChI is InChI=1S/C25H33FN2O4.2ClH/c1-29-23-16-19-4-3-14-32-25(22(19)17-24(23)30-2)18-31-15-13-27-9-11-28(12-10-27)21-7-5-20(26)6-8-21;;/h5-8,16-17,25H,3-4,9-15,18H2,1-2H3;2*1H. The Morgan fingerprint density at radius 3 is 2.32 bits per heavy atom. The predicted octanol–water partition coefficient (Wildman–Crippen LogP) is 4.53. The van der Waals surface area contributed by atoms with Gasteiger partial charge in [0.1, 0.15) is 11.9 Å². The van der Waals surface area contributed by atoms with Crippen molar-refractivity contribution in [2.75, 3.05) is 71.7 Å². The van der Waals surface area contributed by atoms with Crippen LogP contribution in [-0.2, 0) is 15.9 Å². The Labute approximate surface area is 214 Å². The Morgan fingerprint density at radius 1 is 0.971 bits per heavy atom. The molecule has 9 heteroatoms. The third-order valence-corrected chi connectivity index (χ3v) is 6.29. The Balaban J connectivity index is 0.00000204. The van der Waals surface area contributed by atoms with Gasteiger partial charge in [-0.25, -0.2) is 4.39 Å². The number of hydrogen-bond acceptors (Lipinski definition) is 6. The van der Waals surface area contributed by atoms with Crippen molar-refractivity contribution in [2.45, 2.75) is 18.9 Å². The van der Waals surface area contributed by atoms with Crippen molar-refractivity contribution in [3.63, 3.8) is 0 Å². The third kappa shape index (κ3) is 7.12. The summed E-state index contributed by atoms with van der Waals surface area (Å²) in [4.78, 5) is 4.71. The minimum atomic E-state index is -0.192. The molecule has 1 unspecified atom stereocenters. The number of nitrogens with zero attached hydrogens (tertiary/aromatic N) is 2. The zero-order valence-corrected chi connectivity index (χ0v) is 21.5. The molecule has 2 aromatic rings. The first-order valence-corrected chi connectivity index (χ1v) is 11.3. The minimum absolute atomic E-state index is 0. The molecule has 0 N–H and O–H groups in total. The fraction of sp³-hybridized carbons (Fsp3) is 0.520. The van der Waals surface area contributed by atoms with Crippen LogP contribution in [0.15, 0.2) is 36.4 Å². The van der Waals surface area contributed by atoms with Gasteiger partial charge < -0.3 is 23.8 Å². The van der Waals surface area contributed by atoms with Crippen LogP contribution in [0.2, 0.25) is 0 Å². The molecule has 0 saturated carbocycles. The fourth-order valence-electron chi connectivity index (χ4n) is 4.43. The Bertz CT molecular complexity index is 880. The highest BCUT2D eigenvalue weighted by Crippen LogP contribution is 2.36. The van der Waals surface area contributed by atoms with Gasteiger partial charge in [0, 0.05) is 45.0 Å². The minimum Gasteiger partial charge on any atom is -0.493 e. The largest absolute Gasteiger partial charge is 0.493 e. The van der Waals surface area contributed by atoms with Crippen LogP contribution in [0.3, 0.4) is 0 Å². The molecule has 34 heavy (non-hydrogen) atoms. The van der Waals surface area contributed by atoms with Gasteiger partial charge >= 0.3 is 0 Å². The molecule has 2 aliphatic rings. The summed E-state index contributed by atoms with van der Waals surface area (Å²) in [6.07, 6.45) is 1.85. The lowest BCUT2D eigenvalue weighted by Gasteiger charge is -2.36. The number of hydrogen-bond donors (Lipinski definition) is 0. The van der Waals surface area contributed by atoms with E-state index in [-0.39, 0.29) is 36.7 Å². The monoisotopic (exact) mass is 516 g/mol. The van der Waals surface area contributed by atoms with E-state index in [4.69, 9.17) is 18.9 Å². The highest BCUT2D eigenvalue weighted by molar-refractivity contribution is 5.85. The molecule has 0 aromatic heterocycles. The van der Waals surface area contributed by atoms with Gasteiger partial charge in [0.05, 0.1) is 27.4 Å². The summed E-state index contributed by atoms with van der Waals surface area (Å²) in [6.45, 7) is 6.62. The van der Waals surface area contributed by atoms with E-state index >= 15 is 0 Å². The van der Waals surface area contributed by atoms with Gasteiger partial charge in [-0.15, -0.1) is 24.8 Å². The molecule has 0 radical (unpaired) electrons. The molecule has 2 aliphatic heterocycles. The molecule has 2 aromatic carbocycles. The highest BCUT2D eigenvalue weighted by atomic mass is 35.5. The SMILES string of the molecule is COc1cc2c(cc1OC)C(COCCN1CCN(c3ccc(F)cc3)CC1)OCCC2.Cl.Cl. The Hall–Kier alpha value is -1.77. The molecule has 1 saturated heterocycles. The molecular formula is C25H35Cl2FN2O4. The number of aryl methyl sites for hydroxylation is 1. The van der Waals surface area contributed by atoms with Gasteiger partial charge in [-0.1, -0.05) is 0 Å². The molecule has 6 nitrogen and oxygen atoms in total. The molecule has 190 valence electrons. The number of fused-ring (bicyclic) bond motifs is 1. The average Bonchev–Trinajstić information content (AvgIpc) is 3.03. The smallest absolute Gasteiger partial charge is 0.161 e. The zero-order chi connectivity index (χ0) is 22.3. The second-order valence-corrected chi connectivity index (χ2v) is 8.25. The van der Waals surface area contributed by atoms with E-state index in [2.05, 4.69) is 15.9 Å². The number of halogens is 3. The van der Waals surface area contributed by atoms with Crippen molar-refractivity contribution in [3.05, 3.63) is 53.3 Å². The third-order valence-electron chi connectivity index (χ3n) is 6.29. The second kappa shape index (κ2) is 14.0. The van der Waals surface area contributed by atoms with E-state index < -0.39 is 0 Å².